The first-order chi connectivity index (χ1) is 9.99. The Labute approximate surface area is 128 Å². The second-order valence-corrected chi connectivity index (χ2v) is 7.09. The second kappa shape index (κ2) is 5.42. The molecule has 0 heterocycles. The van der Waals surface area contributed by atoms with Crippen LogP contribution in [0, 0.1) is 0 Å². The fourth-order valence-electron chi connectivity index (χ4n) is 2.61. The maximum Gasteiger partial charge on any atom is 0.242 e. The standard InChI is InChI=1S/C15H14ClNO3S/c16-12-7-3-4-8-14(12)21(19,20)17-15-11-6-2-1-5-10(11)9-13(15)18/h1-8,13,15,17-18H,9H2. The number of sulfonamides is 1. The number of hydrogen-bond donors (Lipinski definition) is 2. The minimum Gasteiger partial charge on any atom is -0.391 e. The Morgan fingerprint density at radius 3 is 2.52 bits per heavy atom. The Morgan fingerprint density at radius 1 is 1.10 bits per heavy atom. The molecule has 21 heavy (non-hydrogen) atoms. The van der Waals surface area contributed by atoms with Crippen molar-refractivity contribution in [2.45, 2.75) is 23.5 Å². The molecule has 2 aromatic rings. The maximum absolute atomic E-state index is 12.5. The second-order valence-electron chi connectivity index (χ2n) is 5.00. The van der Waals surface area contributed by atoms with E-state index in [1.165, 1.54) is 12.1 Å². The number of nitrogens with one attached hydrogen (secondary N) is 1. The van der Waals surface area contributed by atoms with Crippen molar-refractivity contribution in [3.8, 4) is 0 Å². The number of fused-ring (bicyclic) bond motifs is 1. The number of rotatable bonds is 3. The molecule has 2 atom stereocenters. The molecule has 0 spiro atoms. The number of aliphatic hydroxyl groups is 1. The SMILES string of the molecule is O=S(=O)(NC1c2ccccc2CC1O)c1ccccc1Cl. The van der Waals surface area contributed by atoms with Crippen LogP contribution in [0.15, 0.2) is 53.4 Å². The van der Waals surface area contributed by atoms with E-state index in [4.69, 9.17) is 11.6 Å². The lowest BCUT2D eigenvalue weighted by Crippen LogP contribution is -2.34. The van der Waals surface area contributed by atoms with Gasteiger partial charge in [0.15, 0.2) is 0 Å². The van der Waals surface area contributed by atoms with Crippen LogP contribution in [-0.2, 0) is 16.4 Å². The van der Waals surface area contributed by atoms with Crippen LogP contribution in [0.5, 0.6) is 0 Å². The normalized spacial score (nSPS) is 21.2. The number of benzene rings is 2. The van der Waals surface area contributed by atoms with E-state index in [0.29, 0.717) is 6.42 Å². The van der Waals surface area contributed by atoms with Gasteiger partial charge in [-0.3, -0.25) is 0 Å². The molecular formula is C15H14ClNO3S. The van der Waals surface area contributed by atoms with E-state index in [-0.39, 0.29) is 9.92 Å². The van der Waals surface area contributed by atoms with Crippen LogP contribution < -0.4 is 4.72 Å². The third-order valence-electron chi connectivity index (χ3n) is 3.61. The molecule has 0 aromatic heterocycles. The molecule has 1 aliphatic rings. The van der Waals surface area contributed by atoms with Crippen molar-refractivity contribution in [3.63, 3.8) is 0 Å². The summed E-state index contributed by atoms with van der Waals surface area (Å²) < 4.78 is 27.5. The Bertz CT molecular complexity index is 776. The van der Waals surface area contributed by atoms with Gasteiger partial charge in [-0.1, -0.05) is 48.0 Å². The smallest absolute Gasteiger partial charge is 0.242 e. The molecule has 0 radical (unpaired) electrons. The first kappa shape index (κ1) is 14.5. The highest BCUT2D eigenvalue weighted by molar-refractivity contribution is 7.89. The van der Waals surface area contributed by atoms with Gasteiger partial charge < -0.3 is 5.11 Å². The molecular weight excluding hydrogens is 310 g/mol. The first-order valence-electron chi connectivity index (χ1n) is 6.52. The zero-order valence-corrected chi connectivity index (χ0v) is 12.6. The molecule has 0 amide bonds. The van der Waals surface area contributed by atoms with Crippen molar-refractivity contribution in [2.75, 3.05) is 0 Å². The highest BCUT2D eigenvalue weighted by atomic mass is 35.5. The molecule has 0 aliphatic heterocycles. The van der Waals surface area contributed by atoms with E-state index in [1.54, 1.807) is 12.1 Å². The van der Waals surface area contributed by atoms with Crippen molar-refractivity contribution in [2.24, 2.45) is 0 Å². The number of aliphatic hydroxyl groups excluding tert-OH is 1. The summed E-state index contributed by atoms with van der Waals surface area (Å²) in [6.45, 7) is 0. The van der Waals surface area contributed by atoms with Gasteiger partial charge in [0, 0.05) is 6.42 Å². The van der Waals surface area contributed by atoms with Crippen molar-refractivity contribution >= 4 is 21.6 Å². The van der Waals surface area contributed by atoms with Gasteiger partial charge in [0.05, 0.1) is 17.2 Å². The fourth-order valence-corrected chi connectivity index (χ4v) is 4.38. The molecule has 2 N–H and O–H groups in total. The average Bonchev–Trinajstić information content (AvgIpc) is 2.75. The Morgan fingerprint density at radius 2 is 1.76 bits per heavy atom. The third-order valence-corrected chi connectivity index (χ3v) is 5.55. The van der Waals surface area contributed by atoms with Crippen molar-refractivity contribution in [1.82, 2.24) is 4.72 Å². The van der Waals surface area contributed by atoms with Gasteiger partial charge in [-0.05, 0) is 23.3 Å². The van der Waals surface area contributed by atoms with E-state index >= 15 is 0 Å². The van der Waals surface area contributed by atoms with Crippen LogP contribution in [0.25, 0.3) is 0 Å². The van der Waals surface area contributed by atoms with E-state index < -0.39 is 22.2 Å². The molecule has 0 saturated carbocycles. The van der Waals surface area contributed by atoms with Crippen LogP contribution in [0.3, 0.4) is 0 Å². The number of hydrogen-bond acceptors (Lipinski definition) is 3. The van der Waals surface area contributed by atoms with E-state index in [0.717, 1.165) is 11.1 Å². The largest absolute Gasteiger partial charge is 0.391 e. The molecule has 6 heteroatoms. The topological polar surface area (TPSA) is 66.4 Å². The summed E-state index contributed by atoms with van der Waals surface area (Å²) in [5, 5.41) is 10.3. The van der Waals surface area contributed by atoms with Crippen LogP contribution in [0.2, 0.25) is 5.02 Å². The molecule has 0 saturated heterocycles. The zero-order chi connectivity index (χ0) is 15.0. The molecule has 110 valence electrons. The Balaban J connectivity index is 1.95. The van der Waals surface area contributed by atoms with Gasteiger partial charge in [0.2, 0.25) is 10.0 Å². The summed E-state index contributed by atoms with van der Waals surface area (Å²) >= 11 is 5.95. The van der Waals surface area contributed by atoms with Gasteiger partial charge in [-0.25, -0.2) is 13.1 Å². The van der Waals surface area contributed by atoms with Crippen LogP contribution in [-0.4, -0.2) is 19.6 Å². The molecule has 0 fully saturated rings. The zero-order valence-electron chi connectivity index (χ0n) is 11.0. The van der Waals surface area contributed by atoms with E-state index in [2.05, 4.69) is 4.72 Å². The van der Waals surface area contributed by atoms with Crippen molar-refractivity contribution in [3.05, 3.63) is 64.7 Å². The molecule has 0 bridgehead atoms. The average molecular weight is 324 g/mol. The van der Waals surface area contributed by atoms with Gasteiger partial charge in [0.1, 0.15) is 4.90 Å². The van der Waals surface area contributed by atoms with Gasteiger partial charge in [0.25, 0.3) is 0 Å². The lowest BCUT2D eigenvalue weighted by atomic mass is 10.1. The van der Waals surface area contributed by atoms with Crippen molar-refractivity contribution in [1.29, 1.82) is 0 Å². The van der Waals surface area contributed by atoms with E-state index in [1.807, 2.05) is 24.3 Å². The van der Waals surface area contributed by atoms with Gasteiger partial charge in [-0.15, -0.1) is 0 Å². The van der Waals surface area contributed by atoms with E-state index in [9.17, 15) is 13.5 Å². The summed E-state index contributed by atoms with van der Waals surface area (Å²) in [6, 6.07) is 13.0. The molecule has 2 unspecified atom stereocenters. The molecule has 3 rings (SSSR count). The summed E-state index contributed by atoms with van der Waals surface area (Å²) in [5.74, 6) is 0. The predicted octanol–water partition coefficient (Wildman–Crippen LogP) is 2.28. The van der Waals surface area contributed by atoms with Crippen LogP contribution in [0.1, 0.15) is 17.2 Å². The van der Waals surface area contributed by atoms with Gasteiger partial charge >= 0.3 is 0 Å². The minimum absolute atomic E-state index is 0.0169. The highest BCUT2D eigenvalue weighted by Gasteiger charge is 2.34. The predicted molar refractivity (Wildman–Crippen MR) is 80.7 cm³/mol. The number of halogens is 1. The highest BCUT2D eigenvalue weighted by Crippen LogP contribution is 2.33. The van der Waals surface area contributed by atoms with Crippen LogP contribution >= 0.6 is 11.6 Å². The maximum atomic E-state index is 12.5. The Kier molecular flexibility index (Phi) is 3.75. The fraction of sp³-hybridized carbons (Fsp3) is 0.200. The first-order valence-corrected chi connectivity index (χ1v) is 8.38. The third kappa shape index (κ3) is 2.70. The monoisotopic (exact) mass is 323 g/mol. The minimum atomic E-state index is -3.79. The van der Waals surface area contributed by atoms with Crippen LogP contribution in [0.4, 0.5) is 0 Å². The summed E-state index contributed by atoms with van der Waals surface area (Å²) in [7, 11) is -3.79. The van der Waals surface area contributed by atoms with Crippen molar-refractivity contribution < 1.29 is 13.5 Å². The summed E-state index contributed by atoms with van der Waals surface area (Å²) in [5.41, 5.74) is 1.76. The lowest BCUT2D eigenvalue weighted by Gasteiger charge is -2.18. The molecule has 4 nitrogen and oxygen atoms in total. The van der Waals surface area contributed by atoms with Gasteiger partial charge in [-0.2, -0.15) is 0 Å². The summed E-state index contributed by atoms with van der Waals surface area (Å²) in [4.78, 5) is 0.0169. The lowest BCUT2D eigenvalue weighted by molar-refractivity contribution is 0.151. The Hall–Kier alpha value is -1.40. The molecule has 2 aromatic carbocycles. The molecule has 1 aliphatic carbocycles. The summed E-state index contributed by atoms with van der Waals surface area (Å²) in [6.07, 6.45) is -0.342. The quantitative estimate of drug-likeness (QED) is 0.910.